The molecule has 7 nitrogen and oxygen atoms in total. The second-order valence-electron chi connectivity index (χ2n) is 5.70. The number of thiazole rings is 1. The Morgan fingerprint density at radius 3 is 2.86 bits per heavy atom. The van der Waals surface area contributed by atoms with Gasteiger partial charge >= 0.3 is 0 Å². The van der Waals surface area contributed by atoms with Crippen LogP contribution in [-0.4, -0.2) is 42.8 Å². The van der Waals surface area contributed by atoms with Crippen LogP contribution in [0.15, 0.2) is 18.2 Å². The summed E-state index contributed by atoms with van der Waals surface area (Å²) in [6.45, 7) is 2.01. The molecule has 3 aromatic heterocycles. The number of aryl methyl sites for hydroxylation is 1. The zero-order valence-corrected chi connectivity index (χ0v) is 13.2. The van der Waals surface area contributed by atoms with Crippen LogP contribution in [0.25, 0.3) is 10.3 Å². The third kappa shape index (κ3) is 2.43. The average molecular weight is 315 g/mol. The van der Waals surface area contributed by atoms with Crippen molar-refractivity contribution in [2.24, 2.45) is 13.0 Å². The first kappa shape index (κ1) is 13.6. The number of hydrogen-bond acceptors (Lipinski definition) is 7. The molecule has 1 saturated heterocycles. The van der Waals surface area contributed by atoms with Gasteiger partial charge in [0.05, 0.1) is 5.51 Å². The number of hydrogen-bond donors (Lipinski definition) is 0. The Morgan fingerprint density at radius 1 is 1.23 bits per heavy atom. The van der Waals surface area contributed by atoms with Crippen LogP contribution in [-0.2, 0) is 13.5 Å². The average Bonchev–Trinajstić information content (AvgIpc) is 3.17. The summed E-state index contributed by atoms with van der Waals surface area (Å²) in [4.78, 5) is 16.4. The van der Waals surface area contributed by atoms with Crippen molar-refractivity contribution in [2.45, 2.75) is 19.3 Å². The predicted octanol–water partition coefficient (Wildman–Crippen LogP) is 1.67. The Labute approximate surface area is 132 Å². The van der Waals surface area contributed by atoms with Gasteiger partial charge in [-0.1, -0.05) is 0 Å². The molecule has 0 radical (unpaired) electrons. The SMILES string of the molecule is Cn1cnnc1CC1CCN(c2ncnc3scnc23)CC1. The van der Waals surface area contributed by atoms with E-state index in [1.807, 2.05) is 17.1 Å². The van der Waals surface area contributed by atoms with Crippen LogP contribution < -0.4 is 4.90 Å². The number of nitrogens with zero attached hydrogens (tertiary/aromatic N) is 7. The molecule has 1 fully saturated rings. The fraction of sp³-hybridized carbons (Fsp3) is 0.500. The van der Waals surface area contributed by atoms with Gasteiger partial charge in [-0.05, 0) is 18.8 Å². The maximum atomic E-state index is 4.45. The summed E-state index contributed by atoms with van der Waals surface area (Å²) in [5.74, 6) is 2.71. The van der Waals surface area contributed by atoms with E-state index in [0.717, 1.165) is 54.3 Å². The maximum absolute atomic E-state index is 4.45. The summed E-state index contributed by atoms with van der Waals surface area (Å²) in [5.41, 5.74) is 2.77. The minimum absolute atomic E-state index is 0.659. The smallest absolute Gasteiger partial charge is 0.159 e. The van der Waals surface area contributed by atoms with Gasteiger partial charge in [0.1, 0.15) is 28.8 Å². The molecule has 3 aromatic rings. The molecule has 8 heteroatoms. The lowest BCUT2D eigenvalue weighted by Crippen LogP contribution is -2.35. The largest absolute Gasteiger partial charge is 0.355 e. The zero-order valence-electron chi connectivity index (χ0n) is 12.4. The first-order valence-corrected chi connectivity index (χ1v) is 8.31. The summed E-state index contributed by atoms with van der Waals surface area (Å²) >= 11 is 1.56. The molecule has 0 amide bonds. The van der Waals surface area contributed by atoms with Crippen molar-refractivity contribution >= 4 is 27.5 Å². The van der Waals surface area contributed by atoms with Gasteiger partial charge in [-0.3, -0.25) is 0 Å². The number of anilines is 1. The standard InChI is InChI=1S/C14H17N7S/c1-20-8-18-19-11(20)6-10-2-4-21(5-3-10)13-12-14(16-7-15-13)22-9-17-12/h7-10H,2-6H2,1H3. The minimum Gasteiger partial charge on any atom is -0.355 e. The van der Waals surface area contributed by atoms with Gasteiger partial charge in [-0.25, -0.2) is 15.0 Å². The quantitative estimate of drug-likeness (QED) is 0.732. The molecular weight excluding hydrogens is 298 g/mol. The van der Waals surface area contributed by atoms with E-state index in [-0.39, 0.29) is 0 Å². The molecule has 4 heterocycles. The maximum Gasteiger partial charge on any atom is 0.159 e. The number of piperidine rings is 1. The van der Waals surface area contributed by atoms with Crippen molar-refractivity contribution < 1.29 is 0 Å². The molecule has 1 aliphatic rings. The summed E-state index contributed by atoms with van der Waals surface area (Å²) in [6.07, 6.45) is 6.69. The number of aromatic nitrogens is 6. The molecule has 22 heavy (non-hydrogen) atoms. The normalized spacial score (nSPS) is 16.5. The minimum atomic E-state index is 0.659. The van der Waals surface area contributed by atoms with Crippen molar-refractivity contribution in [3.8, 4) is 0 Å². The highest BCUT2D eigenvalue weighted by molar-refractivity contribution is 7.16. The van der Waals surface area contributed by atoms with Crippen molar-refractivity contribution in [1.82, 2.24) is 29.7 Å². The second kappa shape index (κ2) is 5.60. The number of fused-ring (bicyclic) bond motifs is 1. The van der Waals surface area contributed by atoms with Gasteiger partial charge in [0.25, 0.3) is 0 Å². The molecule has 0 atom stereocenters. The van der Waals surface area contributed by atoms with E-state index < -0.39 is 0 Å². The van der Waals surface area contributed by atoms with Gasteiger partial charge in [0, 0.05) is 26.6 Å². The van der Waals surface area contributed by atoms with Crippen LogP contribution in [0.4, 0.5) is 5.82 Å². The third-order valence-corrected chi connectivity index (χ3v) is 5.04. The van der Waals surface area contributed by atoms with Gasteiger partial charge in [-0.15, -0.1) is 21.5 Å². The highest BCUT2D eigenvalue weighted by atomic mass is 32.1. The Morgan fingerprint density at radius 2 is 2.09 bits per heavy atom. The van der Waals surface area contributed by atoms with E-state index >= 15 is 0 Å². The second-order valence-corrected chi connectivity index (χ2v) is 6.53. The van der Waals surface area contributed by atoms with E-state index in [4.69, 9.17) is 0 Å². The molecule has 114 valence electrons. The Bertz CT molecular complexity index is 772. The van der Waals surface area contributed by atoms with Crippen LogP contribution in [0.3, 0.4) is 0 Å². The molecule has 0 N–H and O–H groups in total. The lowest BCUT2D eigenvalue weighted by atomic mass is 9.93. The van der Waals surface area contributed by atoms with Crippen LogP contribution in [0.2, 0.25) is 0 Å². The Kier molecular flexibility index (Phi) is 3.45. The van der Waals surface area contributed by atoms with Gasteiger partial charge in [0.15, 0.2) is 5.82 Å². The predicted molar refractivity (Wildman–Crippen MR) is 84.9 cm³/mol. The molecule has 0 bridgehead atoms. The molecule has 0 unspecified atom stereocenters. The topological polar surface area (TPSA) is 72.6 Å². The first-order chi connectivity index (χ1) is 10.8. The van der Waals surface area contributed by atoms with Crippen LogP contribution in [0, 0.1) is 5.92 Å². The van der Waals surface area contributed by atoms with Gasteiger partial charge in [-0.2, -0.15) is 0 Å². The van der Waals surface area contributed by atoms with Crippen LogP contribution >= 0.6 is 11.3 Å². The van der Waals surface area contributed by atoms with E-state index in [9.17, 15) is 0 Å². The van der Waals surface area contributed by atoms with Crippen LogP contribution in [0.1, 0.15) is 18.7 Å². The summed E-state index contributed by atoms with van der Waals surface area (Å²) in [7, 11) is 2.00. The first-order valence-electron chi connectivity index (χ1n) is 7.43. The lowest BCUT2D eigenvalue weighted by Gasteiger charge is -2.32. The van der Waals surface area contributed by atoms with Crippen molar-refractivity contribution in [3.63, 3.8) is 0 Å². The van der Waals surface area contributed by atoms with Crippen molar-refractivity contribution in [1.29, 1.82) is 0 Å². The number of rotatable bonds is 3. The highest BCUT2D eigenvalue weighted by Gasteiger charge is 2.23. The monoisotopic (exact) mass is 315 g/mol. The molecule has 0 saturated carbocycles. The third-order valence-electron chi connectivity index (χ3n) is 4.31. The fourth-order valence-corrected chi connectivity index (χ4v) is 3.63. The van der Waals surface area contributed by atoms with Gasteiger partial charge in [0.2, 0.25) is 0 Å². The summed E-state index contributed by atoms with van der Waals surface area (Å²) in [5, 5.41) is 8.15. The fourth-order valence-electron chi connectivity index (χ4n) is 3.01. The van der Waals surface area contributed by atoms with Crippen molar-refractivity contribution in [3.05, 3.63) is 24.0 Å². The molecular formula is C14H17N7S. The summed E-state index contributed by atoms with van der Waals surface area (Å²) < 4.78 is 2.01. The lowest BCUT2D eigenvalue weighted by molar-refractivity contribution is 0.392. The zero-order chi connectivity index (χ0) is 14.9. The summed E-state index contributed by atoms with van der Waals surface area (Å²) in [6, 6.07) is 0. The van der Waals surface area contributed by atoms with E-state index in [2.05, 4.69) is 30.0 Å². The molecule has 0 aromatic carbocycles. The molecule has 4 rings (SSSR count). The van der Waals surface area contributed by atoms with E-state index in [1.165, 1.54) is 0 Å². The van der Waals surface area contributed by atoms with Crippen molar-refractivity contribution in [2.75, 3.05) is 18.0 Å². The molecule has 0 aliphatic carbocycles. The van der Waals surface area contributed by atoms with Gasteiger partial charge < -0.3 is 9.47 Å². The highest BCUT2D eigenvalue weighted by Crippen LogP contribution is 2.28. The molecule has 0 spiro atoms. The molecule has 1 aliphatic heterocycles. The Hall–Kier alpha value is -2.09. The Balaban J connectivity index is 1.46. The van der Waals surface area contributed by atoms with E-state index in [0.29, 0.717) is 5.92 Å². The van der Waals surface area contributed by atoms with Crippen LogP contribution in [0.5, 0.6) is 0 Å². The van der Waals surface area contributed by atoms with E-state index in [1.54, 1.807) is 24.0 Å².